The Labute approximate surface area is 397 Å². The fraction of sp³-hybridized carbons (Fsp3) is 0.729. The lowest BCUT2D eigenvalue weighted by Gasteiger charge is -2.18. The Morgan fingerprint density at radius 3 is 1.16 bits per heavy atom. The lowest BCUT2D eigenvalue weighted by atomic mass is 10.1. The van der Waals surface area contributed by atoms with Crippen molar-refractivity contribution in [3.8, 4) is 0 Å². The normalized spacial score (nSPS) is 12.9. The Balaban J connectivity index is 4.22. The van der Waals surface area contributed by atoms with E-state index >= 15 is 0 Å². The van der Waals surface area contributed by atoms with Crippen LogP contribution in [-0.2, 0) is 23.8 Å². The first kappa shape index (κ1) is 61.1. The maximum absolute atomic E-state index is 12.8. The molecule has 0 N–H and O–H groups in total. The third-order valence-corrected chi connectivity index (χ3v) is 11.4. The number of unbranched alkanes of at least 4 members (excludes halogenated alkanes) is 24. The maximum Gasteiger partial charge on any atom is 0.306 e. The van der Waals surface area contributed by atoms with Gasteiger partial charge in [-0.15, -0.1) is 0 Å². The van der Waals surface area contributed by atoms with Crippen LogP contribution >= 0.6 is 0 Å². The van der Waals surface area contributed by atoms with Crippen molar-refractivity contribution in [3.05, 3.63) is 85.1 Å². The van der Waals surface area contributed by atoms with E-state index in [9.17, 15) is 9.59 Å². The monoisotopic (exact) mass is 891 g/mol. The average molecular weight is 891 g/mol. The van der Waals surface area contributed by atoms with Gasteiger partial charge in [-0.05, 0) is 96.3 Å². The van der Waals surface area contributed by atoms with Crippen LogP contribution in [0.25, 0.3) is 0 Å². The fourth-order valence-electron chi connectivity index (χ4n) is 7.39. The van der Waals surface area contributed by atoms with Crippen LogP contribution in [0.5, 0.6) is 0 Å². The molecule has 5 heteroatoms. The van der Waals surface area contributed by atoms with Gasteiger partial charge in [0.15, 0.2) is 6.10 Å². The van der Waals surface area contributed by atoms with E-state index in [1.165, 1.54) is 128 Å². The van der Waals surface area contributed by atoms with E-state index < -0.39 is 6.10 Å². The van der Waals surface area contributed by atoms with Crippen LogP contribution in [-0.4, -0.2) is 37.9 Å². The molecule has 0 heterocycles. The molecular weight excluding hydrogens is 789 g/mol. The summed E-state index contributed by atoms with van der Waals surface area (Å²) in [6, 6.07) is 0. The smallest absolute Gasteiger partial charge is 0.306 e. The van der Waals surface area contributed by atoms with Gasteiger partial charge in [-0.1, -0.05) is 228 Å². The summed E-state index contributed by atoms with van der Waals surface area (Å²) in [7, 11) is 0. The topological polar surface area (TPSA) is 61.8 Å². The third kappa shape index (κ3) is 51.7. The van der Waals surface area contributed by atoms with Crippen molar-refractivity contribution in [2.75, 3.05) is 19.8 Å². The summed E-state index contributed by atoms with van der Waals surface area (Å²) in [5, 5.41) is 0. The fourth-order valence-corrected chi connectivity index (χ4v) is 7.39. The summed E-state index contributed by atoms with van der Waals surface area (Å²) in [6.07, 6.45) is 71.7. The highest BCUT2D eigenvalue weighted by Crippen LogP contribution is 2.14. The van der Waals surface area contributed by atoms with E-state index in [1.54, 1.807) is 0 Å². The summed E-state index contributed by atoms with van der Waals surface area (Å²) in [5.74, 6) is -0.418. The molecule has 64 heavy (non-hydrogen) atoms. The Kier molecular flexibility index (Phi) is 51.9. The largest absolute Gasteiger partial charge is 0.462 e. The molecule has 5 nitrogen and oxygen atoms in total. The molecule has 0 aliphatic rings. The molecule has 0 aromatic carbocycles. The highest BCUT2D eigenvalue weighted by molar-refractivity contribution is 5.70. The first-order valence-electron chi connectivity index (χ1n) is 27.1. The number of ether oxygens (including phenoxy) is 3. The molecular formula is C59H102O5. The van der Waals surface area contributed by atoms with Gasteiger partial charge >= 0.3 is 11.9 Å². The minimum atomic E-state index is -0.549. The van der Waals surface area contributed by atoms with E-state index in [-0.39, 0.29) is 25.2 Å². The molecule has 0 saturated carbocycles. The van der Waals surface area contributed by atoms with Gasteiger partial charge in [0.25, 0.3) is 0 Å². The minimum absolute atomic E-state index is 0.0722. The highest BCUT2D eigenvalue weighted by atomic mass is 16.6. The molecule has 0 aromatic rings. The van der Waals surface area contributed by atoms with Gasteiger partial charge in [0, 0.05) is 19.4 Å². The molecule has 0 fully saturated rings. The molecule has 0 aromatic heterocycles. The van der Waals surface area contributed by atoms with Crippen molar-refractivity contribution >= 4 is 11.9 Å². The summed E-state index contributed by atoms with van der Waals surface area (Å²) < 4.78 is 17.4. The molecule has 0 saturated heterocycles. The number of rotatable bonds is 49. The highest BCUT2D eigenvalue weighted by Gasteiger charge is 2.17. The van der Waals surface area contributed by atoms with E-state index in [1.807, 2.05) is 0 Å². The number of hydrogen-bond donors (Lipinski definition) is 0. The first-order valence-corrected chi connectivity index (χ1v) is 27.1. The summed E-state index contributed by atoms with van der Waals surface area (Å²) in [5.41, 5.74) is 0. The Hall–Kier alpha value is -2.92. The number of esters is 2. The second-order valence-electron chi connectivity index (χ2n) is 17.8. The van der Waals surface area contributed by atoms with Gasteiger partial charge in [0.1, 0.15) is 6.61 Å². The van der Waals surface area contributed by atoms with Gasteiger partial charge < -0.3 is 14.2 Å². The van der Waals surface area contributed by atoms with Crippen LogP contribution in [0.3, 0.4) is 0 Å². The third-order valence-electron chi connectivity index (χ3n) is 11.4. The quantitative estimate of drug-likeness (QED) is 0.0346. The lowest BCUT2D eigenvalue weighted by Crippen LogP contribution is -2.30. The molecule has 1 unspecified atom stereocenters. The van der Waals surface area contributed by atoms with E-state index in [2.05, 4.69) is 106 Å². The van der Waals surface area contributed by atoms with Crippen molar-refractivity contribution in [1.82, 2.24) is 0 Å². The van der Waals surface area contributed by atoms with Gasteiger partial charge in [0.2, 0.25) is 0 Å². The number of allylic oxidation sites excluding steroid dienone is 14. The zero-order valence-corrected chi connectivity index (χ0v) is 42.3. The summed E-state index contributed by atoms with van der Waals surface area (Å²) in [4.78, 5) is 25.4. The van der Waals surface area contributed by atoms with Crippen molar-refractivity contribution in [2.45, 2.75) is 258 Å². The molecule has 0 aliphatic heterocycles. The molecule has 0 radical (unpaired) electrons. The number of carbonyl (C=O) groups is 2. The van der Waals surface area contributed by atoms with Crippen molar-refractivity contribution < 1.29 is 23.8 Å². The zero-order valence-electron chi connectivity index (χ0n) is 42.3. The molecule has 0 rings (SSSR count). The molecule has 0 bridgehead atoms. The summed E-state index contributed by atoms with van der Waals surface area (Å²) in [6.45, 7) is 7.65. The SMILES string of the molecule is CC/C=C\C/C=C\C/C=C\C/C=C\CCCCCCCCCOCC(COC(=O)CCCCCCCC/C=C\C/C=C\C/C=C\CCCCC)OC(=O)CCCCCCCCCCC. The maximum atomic E-state index is 12.8. The molecule has 0 aliphatic carbocycles. The van der Waals surface area contributed by atoms with Gasteiger partial charge in [0.05, 0.1) is 6.61 Å². The van der Waals surface area contributed by atoms with Crippen LogP contribution in [0.15, 0.2) is 85.1 Å². The predicted octanol–water partition coefficient (Wildman–Crippen LogP) is 18.5. The standard InChI is InChI=1S/C59H102O5/c1-4-7-10-13-16-19-21-23-25-27-29-31-33-35-37-39-42-45-48-51-54-62-55-57(64-59(61)53-50-47-44-40-18-15-12-9-6-3)56-63-58(60)52-49-46-43-41-38-36-34-32-30-28-26-24-22-20-17-14-11-8-5-2/h7,10,16-17,19-20,23-26,29-32,57H,4-6,8-9,11-15,18,21-22,27-28,33-56H2,1-3H3/b10-7-,19-16-,20-17-,25-23-,26-24-,31-29-,32-30-. The van der Waals surface area contributed by atoms with Crippen LogP contribution < -0.4 is 0 Å². The van der Waals surface area contributed by atoms with Crippen molar-refractivity contribution in [2.24, 2.45) is 0 Å². The van der Waals surface area contributed by atoms with E-state index in [0.717, 1.165) is 89.9 Å². The van der Waals surface area contributed by atoms with Gasteiger partial charge in [-0.2, -0.15) is 0 Å². The second kappa shape index (κ2) is 54.4. The van der Waals surface area contributed by atoms with E-state index in [0.29, 0.717) is 19.4 Å². The van der Waals surface area contributed by atoms with Gasteiger partial charge in [-0.3, -0.25) is 9.59 Å². The minimum Gasteiger partial charge on any atom is -0.462 e. The zero-order chi connectivity index (χ0) is 46.3. The van der Waals surface area contributed by atoms with E-state index in [4.69, 9.17) is 14.2 Å². The van der Waals surface area contributed by atoms with Crippen LogP contribution in [0.4, 0.5) is 0 Å². The van der Waals surface area contributed by atoms with Crippen LogP contribution in [0.1, 0.15) is 252 Å². The Bertz CT molecular complexity index is 1190. The molecule has 0 amide bonds. The Morgan fingerprint density at radius 1 is 0.359 bits per heavy atom. The molecule has 0 spiro atoms. The number of carbonyl (C=O) groups excluding carboxylic acids is 2. The number of hydrogen-bond acceptors (Lipinski definition) is 5. The van der Waals surface area contributed by atoms with Crippen molar-refractivity contribution in [3.63, 3.8) is 0 Å². The van der Waals surface area contributed by atoms with Crippen LogP contribution in [0, 0.1) is 0 Å². The van der Waals surface area contributed by atoms with Gasteiger partial charge in [-0.25, -0.2) is 0 Å². The molecule has 1 atom stereocenters. The summed E-state index contributed by atoms with van der Waals surface area (Å²) >= 11 is 0. The second-order valence-corrected chi connectivity index (χ2v) is 17.8. The first-order chi connectivity index (χ1) is 31.6. The Morgan fingerprint density at radius 2 is 0.703 bits per heavy atom. The lowest BCUT2D eigenvalue weighted by molar-refractivity contribution is -0.163. The molecule has 368 valence electrons. The van der Waals surface area contributed by atoms with Crippen molar-refractivity contribution in [1.29, 1.82) is 0 Å². The average Bonchev–Trinajstić information content (AvgIpc) is 3.30. The predicted molar refractivity (Wildman–Crippen MR) is 279 cm³/mol. The van der Waals surface area contributed by atoms with Crippen LogP contribution in [0.2, 0.25) is 0 Å².